The van der Waals surface area contributed by atoms with Crippen LogP contribution < -0.4 is 4.90 Å². The average Bonchev–Trinajstić information content (AvgIpc) is 2.94. The van der Waals surface area contributed by atoms with Crippen molar-refractivity contribution in [3.63, 3.8) is 0 Å². The Bertz CT molecular complexity index is 541. The number of aromatic nitrogens is 3. The third-order valence-electron chi connectivity index (χ3n) is 2.62. The zero-order valence-electron chi connectivity index (χ0n) is 11.0. The number of rotatable bonds is 5. The van der Waals surface area contributed by atoms with Gasteiger partial charge in [0.2, 0.25) is 11.0 Å². The second-order valence-electron chi connectivity index (χ2n) is 4.02. The van der Waals surface area contributed by atoms with Crippen LogP contribution >= 0.6 is 11.3 Å². The summed E-state index contributed by atoms with van der Waals surface area (Å²) in [7, 11) is 0. The first-order chi connectivity index (χ1) is 9.26. The van der Waals surface area contributed by atoms with E-state index in [-0.39, 0.29) is 5.91 Å². The Morgan fingerprint density at radius 2 is 2.00 bits per heavy atom. The van der Waals surface area contributed by atoms with Crippen LogP contribution in [0.2, 0.25) is 0 Å². The topological polar surface area (TPSA) is 59.0 Å². The van der Waals surface area contributed by atoms with Gasteiger partial charge >= 0.3 is 0 Å². The molecule has 6 heteroatoms. The molecule has 0 aliphatic heterocycles. The number of pyridine rings is 1. The second kappa shape index (κ2) is 6.38. The quantitative estimate of drug-likeness (QED) is 0.842. The van der Waals surface area contributed by atoms with Crippen LogP contribution in [0.25, 0.3) is 10.6 Å². The number of amides is 1. The largest absolute Gasteiger partial charge is 0.287 e. The zero-order chi connectivity index (χ0) is 13.7. The molecule has 0 bridgehead atoms. The Balaban J connectivity index is 2.26. The van der Waals surface area contributed by atoms with Crippen LogP contribution in [0.4, 0.5) is 5.13 Å². The third kappa shape index (κ3) is 3.14. The fraction of sp³-hybridized carbons (Fsp3) is 0.385. The molecular weight excluding hydrogens is 260 g/mol. The van der Waals surface area contributed by atoms with Gasteiger partial charge in [0.15, 0.2) is 0 Å². The summed E-state index contributed by atoms with van der Waals surface area (Å²) in [6.07, 6.45) is 4.81. The van der Waals surface area contributed by atoms with Crippen molar-refractivity contribution in [3.8, 4) is 10.6 Å². The van der Waals surface area contributed by atoms with Gasteiger partial charge in [-0.15, -0.1) is 10.2 Å². The molecule has 0 spiro atoms. The smallest absolute Gasteiger partial charge is 0.228 e. The molecule has 2 aromatic heterocycles. The summed E-state index contributed by atoms with van der Waals surface area (Å²) in [5, 5.41) is 9.76. The van der Waals surface area contributed by atoms with Crippen molar-refractivity contribution in [1.29, 1.82) is 0 Å². The van der Waals surface area contributed by atoms with E-state index in [1.54, 1.807) is 17.3 Å². The molecule has 19 heavy (non-hydrogen) atoms. The van der Waals surface area contributed by atoms with Gasteiger partial charge in [0.05, 0.1) is 0 Å². The Hall–Kier alpha value is -1.82. The Morgan fingerprint density at radius 3 is 2.63 bits per heavy atom. The maximum atomic E-state index is 11.9. The van der Waals surface area contributed by atoms with E-state index in [0.29, 0.717) is 18.1 Å². The fourth-order valence-electron chi connectivity index (χ4n) is 1.68. The van der Waals surface area contributed by atoms with Crippen LogP contribution in [0.3, 0.4) is 0 Å². The van der Waals surface area contributed by atoms with Gasteiger partial charge < -0.3 is 0 Å². The highest BCUT2D eigenvalue weighted by atomic mass is 32.1. The number of nitrogens with zero attached hydrogens (tertiary/aromatic N) is 4. The van der Waals surface area contributed by atoms with E-state index in [4.69, 9.17) is 0 Å². The van der Waals surface area contributed by atoms with Crippen LogP contribution in [0.1, 0.15) is 26.7 Å². The normalized spacial score (nSPS) is 10.4. The molecule has 0 aromatic carbocycles. The molecule has 0 N–H and O–H groups in total. The van der Waals surface area contributed by atoms with Gasteiger partial charge in [-0.05, 0) is 18.6 Å². The SMILES string of the molecule is CCCN(C(=O)CC)c1nnc(-c2ccncc2)s1. The monoisotopic (exact) mass is 276 g/mol. The highest BCUT2D eigenvalue weighted by molar-refractivity contribution is 7.18. The van der Waals surface area contributed by atoms with E-state index in [2.05, 4.69) is 15.2 Å². The summed E-state index contributed by atoms with van der Waals surface area (Å²) in [5.74, 6) is 0.0827. The van der Waals surface area contributed by atoms with E-state index in [0.717, 1.165) is 17.0 Å². The molecule has 100 valence electrons. The van der Waals surface area contributed by atoms with Crippen molar-refractivity contribution < 1.29 is 4.79 Å². The molecule has 0 unspecified atom stereocenters. The molecule has 1 amide bonds. The third-order valence-corrected chi connectivity index (χ3v) is 3.62. The molecule has 0 aliphatic carbocycles. The molecule has 0 aliphatic rings. The molecule has 0 saturated carbocycles. The number of carbonyl (C=O) groups excluding carboxylic acids is 1. The lowest BCUT2D eigenvalue weighted by Gasteiger charge is -2.17. The van der Waals surface area contributed by atoms with Crippen molar-refractivity contribution in [1.82, 2.24) is 15.2 Å². The van der Waals surface area contributed by atoms with Crippen LogP contribution in [-0.2, 0) is 4.79 Å². The highest BCUT2D eigenvalue weighted by Gasteiger charge is 2.18. The van der Waals surface area contributed by atoms with Crippen LogP contribution in [0.5, 0.6) is 0 Å². The van der Waals surface area contributed by atoms with Gasteiger partial charge in [0, 0.05) is 30.9 Å². The maximum Gasteiger partial charge on any atom is 0.228 e. The van der Waals surface area contributed by atoms with Crippen LogP contribution in [0.15, 0.2) is 24.5 Å². The van der Waals surface area contributed by atoms with E-state index in [9.17, 15) is 4.79 Å². The minimum atomic E-state index is 0.0827. The Morgan fingerprint density at radius 1 is 1.26 bits per heavy atom. The molecule has 2 heterocycles. The lowest BCUT2D eigenvalue weighted by Crippen LogP contribution is -2.30. The van der Waals surface area contributed by atoms with Gasteiger partial charge in [0.25, 0.3) is 0 Å². The van der Waals surface area contributed by atoms with Crippen LogP contribution in [-0.4, -0.2) is 27.6 Å². The van der Waals surface area contributed by atoms with Crippen molar-refractivity contribution >= 4 is 22.4 Å². The second-order valence-corrected chi connectivity index (χ2v) is 4.98. The summed E-state index contributed by atoms with van der Waals surface area (Å²) in [5.41, 5.74) is 0.971. The van der Waals surface area contributed by atoms with Crippen molar-refractivity contribution in [2.75, 3.05) is 11.4 Å². The zero-order valence-corrected chi connectivity index (χ0v) is 11.9. The molecule has 0 atom stereocenters. The lowest BCUT2D eigenvalue weighted by atomic mass is 10.3. The van der Waals surface area contributed by atoms with Crippen molar-refractivity contribution in [2.24, 2.45) is 0 Å². The fourth-order valence-corrected chi connectivity index (χ4v) is 2.57. The molecule has 0 radical (unpaired) electrons. The molecule has 0 saturated heterocycles. The average molecular weight is 276 g/mol. The predicted molar refractivity (Wildman–Crippen MR) is 76.1 cm³/mol. The molecule has 0 fully saturated rings. The predicted octanol–water partition coefficient (Wildman–Crippen LogP) is 2.75. The van der Waals surface area contributed by atoms with E-state index < -0.39 is 0 Å². The van der Waals surface area contributed by atoms with Gasteiger partial charge in [-0.1, -0.05) is 25.2 Å². The highest BCUT2D eigenvalue weighted by Crippen LogP contribution is 2.28. The molecule has 2 rings (SSSR count). The van der Waals surface area contributed by atoms with Crippen LogP contribution in [0, 0.1) is 0 Å². The first kappa shape index (κ1) is 13.6. The first-order valence-electron chi connectivity index (χ1n) is 6.30. The summed E-state index contributed by atoms with van der Waals surface area (Å²) in [6, 6.07) is 3.77. The molecule has 2 aromatic rings. The maximum absolute atomic E-state index is 11.9. The summed E-state index contributed by atoms with van der Waals surface area (Å²) in [4.78, 5) is 17.6. The Kier molecular flexibility index (Phi) is 4.57. The van der Waals surface area contributed by atoms with Gasteiger partial charge in [-0.2, -0.15) is 0 Å². The van der Waals surface area contributed by atoms with E-state index >= 15 is 0 Å². The minimum Gasteiger partial charge on any atom is -0.287 e. The summed E-state index contributed by atoms with van der Waals surface area (Å²) < 4.78 is 0. The lowest BCUT2D eigenvalue weighted by molar-refractivity contribution is -0.118. The number of hydrogen-bond donors (Lipinski definition) is 0. The van der Waals surface area contributed by atoms with E-state index in [1.165, 1.54) is 11.3 Å². The van der Waals surface area contributed by atoms with E-state index in [1.807, 2.05) is 26.0 Å². The summed E-state index contributed by atoms with van der Waals surface area (Å²) in [6.45, 7) is 4.58. The summed E-state index contributed by atoms with van der Waals surface area (Å²) >= 11 is 1.43. The number of hydrogen-bond acceptors (Lipinski definition) is 5. The van der Waals surface area contributed by atoms with Crippen molar-refractivity contribution in [3.05, 3.63) is 24.5 Å². The standard InChI is InChI=1S/C13H16N4OS/c1-3-9-17(11(18)4-2)13-16-15-12(19-13)10-5-7-14-8-6-10/h5-8H,3-4,9H2,1-2H3. The van der Waals surface area contributed by atoms with Gasteiger partial charge in [-0.25, -0.2) is 0 Å². The molecular formula is C13H16N4OS. The van der Waals surface area contributed by atoms with Gasteiger partial charge in [0.1, 0.15) is 5.01 Å². The molecule has 5 nitrogen and oxygen atoms in total. The number of carbonyl (C=O) groups is 1. The van der Waals surface area contributed by atoms with Crippen molar-refractivity contribution in [2.45, 2.75) is 26.7 Å². The number of anilines is 1. The minimum absolute atomic E-state index is 0.0827. The first-order valence-corrected chi connectivity index (χ1v) is 7.12. The Labute approximate surface area is 116 Å². The van der Waals surface area contributed by atoms with Gasteiger partial charge in [-0.3, -0.25) is 14.7 Å².